The molecule has 2 aromatic carbocycles. The zero-order valence-electron chi connectivity index (χ0n) is 18.4. The van der Waals surface area contributed by atoms with Crippen LogP contribution in [0.25, 0.3) is 11.4 Å². The second-order valence-corrected chi connectivity index (χ2v) is 9.54. The van der Waals surface area contributed by atoms with Crippen LogP contribution in [0.2, 0.25) is 0 Å². The molecule has 0 unspecified atom stereocenters. The zero-order chi connectivity index (χ0) is 22.0. The van der Waals surface area contributed by atoms with Crippen molar-refractivity contribution in [3.05, 3.63) is 70.9 Å². The van der Waals surface area contributed by atoms with Gasteiger partial charge in [0.1, 0.15) is 5.03 Å². The second-order valence-electron chi connectivity index (χ2n) is 8.57. The van der Waals surface area contributed by atoms with Crippen LogP contribution in [0.5, 0.6) is 0 Å². The average Bonchev–Trinajstić information content (AvgIpc) is 2.73. The van der Waals surface area contributed by atoms with Crippen LogP contribution in [0.1, 0.15) is 36.2 Å². The largest absolute Gasteiger partial charge is 0.370 e. The summed E-state index contributed by atoms with van der Waals surface area (Å²) in [4.78, 5) is 22.2. The number of thioether (sulfide) groups is 1. The minimum atomic E-state index is -0.267. The fourth-order valence-corrected chi connectivity index (χ4v) is 4.28. The molecule has 0 atom stereocenters. The topological polar surface area (TPSA) is 64.1 Å². The van der Waals surface area contributed by atoms with E-state index in [1.54, 1.807) is 0 Å². The molecular formula is C25H27N3O2S. The molecule has 1 amide bonds. The number of aromatic nitrogens is 2. The summed E-state index contributed by atoms with van der Waals surface area (Å²) < 4.78 is 6.01. The monoisotopic (exact) mass is 433 g/mol. The third-order valence-electron chi connectivity index (χ3n) is 5.24. The van der Waals surface area contributed by atoms with Crippen LogP contribution in [0.4, 0.5) is 5.69 Å². The molecule has 0 bridgehead atoms. The average molecular weight is 434 g/mol. The Morgan fingerprint density at radius 3 is 2.35 bits per heavy atom. The summed E-state index contributed by atoms with van der Waals surface area (Å²) >= 11 is 1.43. The van der Waals surface area contributed by atoms with Gasteiger partial charge in [0.15, 0.2) is 5.82 Å². The lowest BCUT2D eigenvalue weighted by Crippen LogP contribution is -2.33. The smallest absolute Gasteiger partial charge is 0.234 e. The van der Waals surface area contributed by atoms with Gasteiger partial charge in [0.05, 0.1) is 23.7 Å². The van der Waals surface area contributed by atoms with Crippen molar-refractivity contribution in [2.24, 2.45) is 0 Å². The summed E-state index contributed by atoms with van der Waals surface area (Å²) in [6.45, 7) is 8.69. The molecule has 0 spiro atoms. The minimum Gasteiger partial charge on any atom is -0.370 e. The van der Waals surface area contributed by atoms with Crippen molar-refractivity contribution < 1.29 is 9.53 Å². The van der Waals surface area contributed by atoms with Crippen molar-refractivity contribution in [1.82, 2.24) is 9.97 Å². The maximum atomic E-state index is 12.5. The van der Waals surface area contributed by atoms with Crippen molar-refractivity contribution in [2.75, 3.05) is 11.1 Å². The number of aryl methyl sites for hydroxylation is 2. The highest BCUT2D eigenvalue weighted by molar-refractivity contribution is 8.00. The lowest BCUT2D eigenvalue weighted by molar-refractivity contribution is -0.113. The van der Waals surface area contributed by atoms with Gasteiger partial charge in [0, 0.05) is 23.2 Å². The molecule has 6 heteroatoms. The summed E-state index contributed by atoms with van der Waals surface area (Å²) in [7, 11) is 0. The molecule has 3 aromatic rings. The van der Waals surface area contributed by atoms with E-state index < -0.39 is 0 Å². The molecule has 2 heterocycles. The van der Waals surface area contributed by atoms with Gasteiger partial charge >= 0.3 is 0 Å². The van der Waals surface area contributed by atoms with Crippen molar-refractivity contribution in [3.8, 4) is 11.4 Å². The van der Waals surface area contributed by atoms with Gasteiger partial charge in [-0.25, -0.2) is 9.97 Å². The van der Waals surface area contributed by atoms with E-state index >= 15 is 0 Å². The first-order valence-corrected chi connectivity index (χ1v) is 11.4. The van der Waals surface area contributed by atoms with Gasteiger partial charge < -0.3 is 10.1 Å². The zero-order valence-corrected chi connectivity index (χ0v) is 19.2. The highest BCUT2D eigenvalue weighted by Crippen LogP contribution is 2.34. The van der Waals surface area contributed by atoms with Crippen LogP contribution in [0, 0.1) is 13.8 Å². The molecule has 0 aliphatic carbocycles. The van der Waals surface area contributed by atoms with E-state index in [1.807, 2.05) is 43.3 Å². The van der Waals surface area contributed by atoms with Crippen molar-refractivity contribution in [1.29, 1.82) is 0 Å². The summed E-state index contributed by atoms with van der Waals surface area (Å²) in [5.41, 5.74) is 5.85. The molecule has 1 aromatic heterocycles. The highest BCUT2D eigenvalue weighted by atomic mass is 32.2. The van der Waals surface area contributed by atoms with Crippen LogP contribution in [-0.2, 0) is 22.6 Å². The normalized spacial score (nSPS) is 14.7. The Labute approximate surface area is 187 Å². The molecular weight excluding hydrogens is 406 g/mol. The molecule has 4 rings (SSSR count). The SMILES string of the molecule is Cc1ccc(NC(=O)CSc2nc(-c3ccc(C)cc3)nc3c2COC(C)(C)C3)cc1. The van der Waals surface area contributed by atoms with E-state index in [0.717, 1.165) is 33.1 Å². The Hall–Kier alpha value is -2.70. The van der Waals surface area contributed by atoms with Gasteiger partial charge in [-0.05, 0) is 39.8 Å². The number of nitrogens with zero attached hydrogens (tertiary/aromatic N) is 2. The third kappa shape index (κ3) is 5.32. The van der Waals surface area contributed by atoms with Gasteiger partial charge in [-0.2, -0.15) is 0 Å². The molecule has 0 fully saturated rings. The van der Waals surface area contributed by atoms with Crippen LogP contribution in [-0.4, -0.2) is 27.2 Å². The van der Waals surface area contributed by atoms with E-state index in [2.05, 4.69) is 38.2 Å². The number of rotatable bonds is 5. The number of nitrogens with one attached hydrogen (secondary N) is 1. The number of carbonyl (C=O) groups excluding carboxylic acids is 1. The maximum absolute atomic E-state index is 12.5. The standard InChI is InChI=1S/C25H27N3O2S/c1-16-5-9-18(10-6-16)23-27-21-13-25(3,4)30-14-20(21)24(28-23)31-15-22(29)26-19-11-7-17(2)8-12-19/h5-12H,13-15H2,1-4H3,(H,26,29). The van der Waals surface area contributed by atoms with Crippen LogP contribution in [0.15, 0.2) is 53.6 Å². The maximum Gasteiger partial charge on any atom is 0.234 e. The second kappa shape index (κ2) is 8.81. The van der Waals surface area contributed by atoms with Crippen molar-refractivity contribution in [2.45, 2.75) is 51.3 Å². The van der Waals surface area contributed by atoms with Gasteiger partial charge in [-0.3, -0.25) is 4.79 Å². The van der Waals surface area contributed by atoms with Gasteiger partial charge in [-0.15, -0.1) is 0 Å². The van der Waals surface area contributed by atoms with E-state index in [4.69, 9.17) is 14.7 Å². The lowest BCUT2D eigenvalue weighted by atomic mass is 9.96. The van der Waals surface area contributed by atoms with Gasteiger partial charge in [0.25, 0.3) is 0 Å². The highest BCUT2D eigenvalue weighted by Gasteiger charge is 2.30. The number of anilines is 1. The summed E-state index contributed by atoms with van der Waals surface area (Å²) in [5, 5.41) is 3.77. The Balaban J connectivity index is 1.58. The molecule has 0 radical (unpaired) electrons. The number of hydrogen-bond donors (Lipinski definition) is 1. The fraction of sp³-hybridized carbons (Fsp3) is 0.320. The van der Waals surface area contributed by atoms with Crippen LogP contribution in [0.3, 0.4) is 0 Å². The first kappa shape index (κ1) is 21.5. The number of benzene rings is 2. The van der Waals surface area contributed by atoms with Crippen LogP contribution < -0.4 is 5.32 Å². The van der Waals surface area contributed by atoms with Crippen LogP contribution >= 0.6 is 11.8 Å². The Bertz CT molecular complexity index is 1090. The van der Waals surface area contributed by atoms with Crippen molar-refractivity contribution in [3.63, 3.8) is 0 Å². The quantitative estimate of drug-likeness (QED) is 0.434. The Morgan fingerprint density at radius 2 is 1.68 bits per heavy atom. The molecule has 0 saturated carbocycles. The number of ether oxygens (including phenoxy) is 1. The fourth-order valence-electron chi connectivity index (χ4n) is 3.44. The Kier molecular flexibility index (Phi) is 6.12. The first-order chi connectivity index (χ1) is 14.8. The summed E-state index contributed by atoms with van der Waals surface area (Å²) in [5.74, 6) is 0.904. The number of fused-ring (bicyclic) bond motifs is 1. The van der Waals surface area contributed by atoms with Gasteiger partial charge in [0.2, 0.25) is 5.91 Å². The molecule has 31 heavy (non-hydrogen) atoms. The van der Waals surface area contributed by atoms with E-state index in [9.17, 15) is 4.79 Å². The lowest BCUT2D eigenvalue weighted by Gasteiger charge is -2.32. The molecule has 160 valence electrons. The molecule has 1 aliphatic rings. The van der Waals surface area contributed by atoms with E-state index in [1.165, 1.54) is 17.3 Å². The van der Waals surface area contributed by atoms with Crippen molar-refractivity contribution >= 4 is 23.4 Å². The summed E-state index contributed by atoms with van der Waals surface area (Å²) in [6.07, 6.45) is 0.715. The minimum absolute atomic E-state index is 0.0600. The predicted molar refractivity (Wildman–Crippen MR) is 125 cm³/mol. The van der Waals surface area contributed by atoms with E-state index in [0.29, 0.717) is 18.9 Å². The van der Waals surface area contributed by atoms with Gasteiger partial charge in [-0.1, -0.05) is 59.3 Å². The molecule has 0 saturated heterocycles. The summed E-state index contributed by atoms with van der Waals surface area (Å²) in [6, 6.07) is 16.0. The number of hydrogen-bond acceptors (Lipinski definition) is 5. The predicted octanol–water partition coefficient (Wildman–Crippen LogP) is 5.34. The molecule has 1 N–H and O–H groups in total. The number of amides is 1. The third-order valence-corrected chi connectivity index (χ3v) is 6.26. The Morgan fingerprint density at radius 1 is 1.03 bits per heavy atom. The first-order valence-electron chi connectivity index (χ1n) is 10.4. The molecule has 5 nitrogen and oxygen atoms in total. The number of carbonyl (C=O) groups is 1. The van der Waals surface area contributed by atoms with E-state index in [-0.39, 0.29) is 17.3 Å². The molecule has 1 aliphatic heterocycles.